The van der Waals surface area contributed by atoms with Crippen molar-refractivity contribution in [1.82, 2.24) is 4.90 Å². The third-order valence-corrected chi connectivity index (χ3v) is 5.09. The van der Waals surface area contributed by atoms with E-state index in [9.17, 15) is 14.4 Å². The highest BCUT2D eigenvalue weighted by Crippen LogP contribution is 2.34. The lowest BCUT2D eigenvalue weighted by molar-refractivity contribution is -0.127. The van der Waals surface area contributed by atoms with E-state index in [0.717, 1.165) is 22.2 Å². The Morgan fingerprint density at radius 3 is 2.55 bits per heavy atom. The number of hydrogen-bond donors (Lipinski definition) is 1. The number of nitrogens with zero attached hydrogens (tertiary/aromatic N) is 1. The molecule has 1 fully saturated rings. The minimum Gasteiger partial charge on any atom is -0.493 e. The molecule has 29 heavy (non-hydrogen) atoms. The van der Waals surface area contributed by atoms with Crippen LogP contribution in [0, 0.1) is 6.92 Å². The first-order chi connectivity index (χ1) is 13.9. The Kier molecular flexibility index (Phi) is 6.23. The van der Waals surface area contributed by atoms with Gasteiger partial charge in [0.25, 0.3) is 11.1 Å². The number of imide groups is 1. The molecule has 0 aromatic heterocycles. The van der Waals surface area contributed by atoms with Crippen LogP contribution in [0.2, 0.25) is 0 Å². The van der Waals surface area contributed by atoms with Gasteiger partial charge in [-0.15, -0.1) is 0 Å². The van der Waals surface area contributed by atoms with E-state index in [4.69, 9.17) is 9.47 Å². The minimum absolute atomic E-state index is 0.241. The SMILES string of the molecule is COc1ccc(/C=C2\SC(=O)N(CC(=O)Nc3cccc(C)c3)C2=O)cc1OC. The Hall–Kier alpha value is -3.26. The standard InChI is InChI=1S/C21H20N2O5S/c1-13-5-4-6-15(9-13)22-19(24)12-23-20(25)18(29-21(23)26)11-14-7-8-16(27-2)17(10-14)28-3/h4-11H,12H2,1-3H3,(H,22,24)/b18-11-. The zero-order valence-corrected chi connectivity index (χ0v) is 17.0. The van der Waals surface area contributed by atoms with E-state index in [0.29, 0.717) is 22.7 Å². The van der Waals surface area contributed by atoms with Crippen LogP contribution in [0.4, 0.5) is 10.5 Å². The van der Waals surface area contributed by atoms with Crippen LogP contribution in [-0.2, 0) is 9.59 Å². The predicted molar refractivity (Wildman–Crippen MR) is 112 cm³/mol. The molecular weight excluding hydrogens is 392 g/mol. The van der Waals surface area contributed by atoms with Crippen molar-refractivity contribution >= 4 is 40.6 Å². The van der Waals surface area contributed by atoms with Crippen molar-refractivity contribution < 1.29 is 23.9 Å². The van der Waals surface area contributed by atoms with E-state index in [-0.39, 0.29) is 11.4 Å². The number of anilines is 1. The van der Waals surface area contributed by atoms with Crippen LogP contribution >= 0.6 is 11.8 Å². The molecular formula is C21H20N2O5S. The van der Waals surface area contributed by atoms with Crippen LogP contribution in [0.3, 0.4) is 0 Å². The van der Waals surface area contributed by atoms with E-state index < -0.39 is 17.1 Å². The summed E-state index contributed by atoms with van der Waals surface area (Å²) in [4.78, 5) is 38.3. The third-order valence-electron chi connectivity index (χ3n) is 4.18. The molecule has 1 aliphatic rings. The first-order valence-electron chi connectivity index (χ1n) is 8.75. The van der Waals surface area contributed by atoms with Gasteiger partial charge in [-0.05, 0) is 60.2 Å². The summed E-state index contributed by atoms with van der Waals surface area (Å²) in [6.07, 6.45) is 1.59. The predicted octanol–water partition coefficient (Wildman–Crippen LogP) is 3.69. The van der Waals surface area contributed by atoms with Crippen molar-refractivity contribution in [3.63, 3.8) is 0 Å². The number of ether oxygens (including phenoxy) is 2. The molecule has 2 aromatic carbocycles. The summed E-state index contributed by atoms with van der Waals surface area (Å²) in [6.45, 7) is 1.56. The Labute approximate surface area is 172 Å². The minimum atomic E-state index is -0.505. The Bertz CT molecular complexity index is 1000. The second-order valence-electron chi connectivity index (χ2n) is 6.30. The Morgan fingerprint density at radius 2 is 1.86 bits per heavy atom. The molecule has 0 aliphatic carbocycles. The largest absolute Gasteiger partial charge is 0.493 e. The molecule has 0 atom stereocenters. The highest BCUT2D eigenvalue weighted by Gasteiger charge is 2.36. The molecule has 1 aliphatic heterocycles. The molecule has 0 unspecified atom stereocenters. The lowest BCUT2D eigenvalue weighted by Crippen LogP contribution is -2.36. The fourth-order valence-corrected chi connectivity index (χ4v) is 3.64. The molecule has 0 spiro atoms. The van der Waals surface area contributed by atoms with Crippen LogP contribution in [0.5, 0.6) is 11.5 Å². The van der Waals surface area contributed by atoms with Crippen LogP contribution in [0.25, 0.3) is 6.08 Å². The van der Waals surface area contributed by atoms with Gasteiger partial charge in [0.05, 0.1) is 19.1 Å². The van der Waals surface area contributed by atoms with E-state index in [1.54, 1.807) is 30.3 Å². The molecule has 1 heterocycles. The average molecular weight is 412 g/mol. The fourth-order valence-electron chi connectivity index (χ4n) is 2.80. The van der Waals surface area contributed by atoms with E-state index in [1.807, 2.05) is 25.1 Å². The van der Waals surface area contributed by atoms with Gasteiger partial charge in [-0.3, -0.25) is 19.3 Å². The smallest absolute Gasteiger partial charge is 0.294 e. The lowest BCUT2D eigenvalue weighted by atomic mass is 10.2. The summed E-state index contributed by atoms with van der Waals surface area (Å²) in [5.74, 6) is 0.128. The molecule has 7 nitrogen and oxygen atoms in total. The molecule has 0 radical (unpaired) electrons. The monoisotopic (exact) mass is 412 g/mol. The molecule has 1 N–H and O–H groups in total. The van der Waals surface area contributed by atoms with Crippen LogP contribution < -0.4 is 14.8 Å². The van der Waals surface area contributed by atoms with Crippen molar-refractivity contribution in [1.29, 1.82) is 0 Å². The maximum Gasteiger partial charge on any atom is 0.294 e. The van der Waals surface area contributed by atoms with Crippen molar-refractivity contribution in [3.05, 3.63) is 58.5 Å². The number of benzene rings is 2. The number of amides is 3. The highest BCUT2D eigenvalue weighted by atomic mass is 32.2. The number of carbonyl (C=O) groups is 3. The Morgan fingerprint density at radius 1 is 1.10 bits per heavy atom. The summed E-state index contributed by atoms with van der Waals surface area (Å²) in [6, 6.07) is 12.4. The fraction of sp³-hybridized carbons (Fsp3) is 0.190. The van der Waals surface area contributed by atoms with Crippen LogP contribution in [0.15, 0.2) is 47.4 Å². The normalized spacial score (nSPS) is 15.0. The summed E-state index contributed by atoms with van der Waals surface area (Å²) >= 11 is 0.797. The molecule has 1 saturated heterocycles. The summed E-state index contributed by atoms with van der Waals surface area (Å²) in [5.41, 5.74) is 2.28. The number of rotatable bonds is 6. The summed E-state index contributed by atoms with van der Waals surface area (Å²) in [7, 11) is 3.05. The molecule has 8 heteroatoms. The maximum atomic E-state index is 12.6. The average Bonchev–Trinajstić information content (AvgIpc) is 2.95. The van der Waals surface area contributed by atoms with Gasteiger partial charge in [0, 0.05) is 5.69 Å². The molecule has 150 valence electrons. The van der Waals surface area contributed by atoms with Crippen LogP contribution in [-0.4, -0.2) is 42.7 Å². The number of thioether (sulfide) groups is 1. The van der Waals surface area contributed by atoms with Gasteiger partial charge in [0.1, 0.15) is 6.54 Å². The van der Waals surface area contributed by atoms with E-state index in [1.165, 1.54) is 14.2 Å². The molecule has 3 rings (SSSR count). The van der Waals surface area contributed by atoms with Crippen molar-refractivity contribution in [2.24, 2.45) is 0 Å². The van der Waals surface area contributed by atoms with E-state index in [2.05, 4.69) is 5.32 Å². The first-order valence-corrected chi connectivity index (χ1v) is 9.57. The van der Waals surface area contributed by atoms with Crippen molar-refractivity contribution in [3.8, 4) is 11.5 Å². The zero-order valence-electron chi connectivity index (χ0n) is 16.2. The van der Waals surface area contributed by atoms with Crippen LogP contribution in [0.1, 0.15) is 11.1 Å². The van der Waals surface area contributed by atoms with Crippen molar-refractivity contribution in [2.45, 2.75) is 6.92 Å². The number of nitrogens with one attached hydrogen (secondary N) is 1. The third kappa shape index (κ3) is 4.78. The van der Waals surface area contributed by atoms with E-state index >= 15 is 0 Å². The van der Waals surface area contributed by atoms with Gasteiger partial charge in [-0.25, -0.2) is 0 Å². The number of methoxy groups -OCH3 is 2. The molecule has 3 amide bonds. The van der Waals surface area contributed by atoms with Gasteiger partial charge >= 0.3 is 0 Å². The van der Waals surface area contributed by atoms with Crippen molar-refractivity contribution in [2.75, 3.05) is 26.1 Å². The number of hydrogen-bond acceptors (Lipinski definition) is 6. The molecule has 2 aromatic rings. The first kappa shape index (κ1) is 20.5. The number of aryl methyl sites for hydroxylation is 1. The van der Waals surface area contributed by atoms with Gasteiger partial charge in [0.2, 0.25) is 5.91 Å². The summed E-state index contributed by atoms with van der Waals surface area (Å²) in [5, 5.41) is 2.21. The lowest BCUT2D eigenvalue weighted by Gasteiger charge is -2.12. The molecule has 0 saturated carbocycles. The number of carbonyl (C=O) groups excluding carboxylic acids is 3. The van der Waals surface area contributed by atoms with Gasteiger partial charge in [-0.1, -0.05) is 18.2 Å². The van der Waals surface area contributed by atoms with Gasteiger partial charge in [-0.2, -0.15) is 0 Å². The second-order valence-corrected chi connectivity index (χ2v) is 7.29. The van der Waals surface area contributed by atoms with Gasteiger partial charge < -0.3 is 14.8 Å². The summed E-state index contributed by atoms with van der Waals surface area (Å²) < 4.78 is 10.4. The zero-order chi connectivity index (χ0) is 21.0. The topological polar surface area (TPSA) is 84.9 Å². The Balaban J connectivity index is 1.72. The van der Waals surface area contributed by atoms with Gasteiger partial charge in [0.15, 0.2) is 11.5 Å². The maximum absolute atomic E-state index is 12.6. The highest BCUT2D eigenvalue weighted by molar-refractivity contribution is 8.18. The molecule has 0 bridgehead atoms. The quantitative estimate of drug-likeness (QED) is 0.729. The second kappa shape index (κ2) is 8.83.